The van der Waals surface area contributed by atoms with Crippen LogP contribution in [-0.2, 0) is 9.53 Å². The molecule has 2 unspecified atom stereocenters. The van der Waals surface area contributed by atoms with Crippen molar-refractivity contribution < 1.29 is 9.53 Å². The Balaban J connectivity index is 2.16. The van der Waals surface area contributed by atoms with E-state index in [9.17, 15) is 4.79 Å². The number of ether oxygens (including phenoxy) is 1. The molecular formula is C12H20N2O2. The van der Waals surface area contributed by atoms with Gasteiger partial charge < -0.3 is 10.1 Å². The van der Waals surface area contributed by atoms with Crippen molar-refractivity contribution in [3.05, 3.63) is 0 Å². The van der Waals surface area contributed by atoms with Crippen LogP contribution >= 0.6 is 0 Å². The molecule has 0 saturated carbocycles. The molecule has 0 aromatic rings. The minimum atomic E-state index is -0.331. The SMILES string of the molecule is CCCC(C#N)NC(=O)CCC1CCCO1. The lowest BCUT2D eigenvalue weighted by Crippen LogP contribution is -2.33. The second kappa shape index (κ2) is 7.24. The van der Waals surface area contributed by atoms with Gasteiger partial charge in [-0.05, 0) is 25.7 Å². The van der Waals surface area contributed by atoms with Gasteiger partial charge in [-0.1, -0.05) is 13.3 Å². The molecule has 1 aliphatic heterocycles. The van der Waals surface area contributed by atoms with Crippen LogP contribution in [0.1, 0.15) is 45.4 Å². The van der Waals surface area contributed by atoms with Crippen LogP contribution in [0.2, 0.25) is 0 Å². The minimum absolute atomic E-state index is 0.0319. The van der Waals surface area contributed by atoms with Crippen molar-refractivity contribution in [3.8, 4) is 6.07 Å². The highest BCUT2D eigenvalue weighted by Crippen LogP contribution is 2.16. The van der Waals surface area contributed by atoms with E-state index < -0.39 is 0 Å². The summed E-state index contributed by atoms with van der Waals surface area (Å²) in [6.45, 7) is 2.83. The molecule has 0 aromatic heterocycles. The summed E-state index contributed by atoms with van der Waals surface area (Å²) in [5, 5.41) is 11.5. The molecule has 0 aromatic carbocycles. The van der Waals surface area contributed by atoms with Gasteiger partial charge in [0.25, 0.3) is 0 Å². The lowest BCUT2D eigenvalue weighted by molar-refractivity contribution is -0.122. The lowest BCUT2D eigenvalue weighted by atomic mass is 10.1. The molecule has 1 rings (SSSR count). The van der Waals surface area contributed by atoms with Gasteiger partial charge in [-0.3, -0.25) is 4.79 Å². The highest BCUT2D eigenvalue weighted by molar-refractivity contribution is 5.76. The smallest absolute Gasteiger partial charge is 0.221 e. The summed E-state index contributed by atoms with van der Waals surface area (Å²) < 4.78 is 5.44. The van der Waals surface area contributed by atoms with Gasteiger partial charge in [0.05, 0.1) is 12.2 Å². The van der Waals surface area contributed by atoms with E-state index in [1.54, 1.807) is 0 Å². The zero-order valence-corrected chi connectivity index (χ0v) is 9.87. The molecule has 1 aliphatic rings. The molecule has 1 saturated heterocycles. The Hall–Kier alpha value is -1.08. The molecule has 4 heteroatoms. The van der Waals surface area contributed by atoms with Gasteiger partial charge >= 0.3 is 0 Å². The van der Waals surface area contributed by atoms with Crippen LogP contribution in [0.5, 0.6) is 0 Å². The molecule has 0 radical (unpaired) electrons. The van der Waals surface area contributed by atoms with Crippen LogP contribution in [-0.4, -0.2) is 24.7 Å². The molecular weight excluding hydrogens is 204 g/mol. The monoisotopic (exact) mass is 224 g/mol. The van der Waals surface area contributed by atoms with Gasteiger partial charge in [-0.15, -0.1) is 0 Å². The van der Waals surface area contributed by atoms with Crippen molar-refractivity contribution in [1.29, 1.82) is 5.26 Å². The van der Waals surface area contributed by atoms with E-state index in [4.69, 9.17) is 10.00 Å². The lowest BCUT2D eigenvalue weighted by Gasteiger charge is -2.12. The summed E-state index contributed by atoms with van der Waals surface area (Å²) in [4.78, 5) is 11.5. The number of nitriles is 1. The number of rotatable bonds is 6. The standard InChI is InChI=1S/C12H20N2O2/c1-2-4-10(9-13)14-12(15)7-6-11-5-3-8-16-11/h10-11H,2-8H2,1H3,(H,14,15). The third-order valence-corrected chi connectivity index (χ3v) is 2.79. The van der Waals surface area contributed by atoms with Crippen molar-refractivity contribution in [2.24, 2.45) is 0 Å². The van der Waals surface area contributed by atoms with E-state index >= 15 is 0 Å². The van der Waals surface area contributed by atoms with Crippen molar-refractivity contribution in [3.63, 3.8) is 0 Å². The molecule has 1 N–H and O–H groups in total. The summed E-state index contributed by atoms with van der Waals surface area (Å²) in [7, 11) is 0. The number of hydrogen-bond acceptors (Lipinski definition) is 3. The number of hydrogen-bond donors (Lipinski definition) is 1. The minimum Gasteiger partial charge on any atom is -0.378 e. The molecule has 0 spiro atoms. The van der Waals surface area contributed by atoms with Gasteiger partial charge in [0, 0.05) is 13.0 Å². The average Bonchev–Trinajstić information content (AvgIpc) is 2.78. The van der Waals surface area contributed by atoms with E-state index in [2.05, 4.69) is 11.4 Å². The largest absolute Gasteiger partial charge is 0.378 e. The van der Waals surface area contributed by atoms with Crippen LogP contribution in [0.15, 0.2) is 0 Å². The van der Waals surface area contributed by atoms with Crippen molar-refractivity contribution >= 4 is 5.91 Å². The average molecular weight is 224 g/mol. The first-order valence-corrected chi connectivity index (χ1v) is 6.06. The van der Waals surface area contributed by atoms with E-state index in [0.29, 0.717) is 6.42 Å². The van der Waals surface area contributed by atoms with Gasteiger partial charge in [0.15, 0.2) is 0 Å². The van der Waals surface area contributed by atoms with Gasteiger partial charge in [0.1, 0.15) is 6.04 Å². The fraction of sp³-hybridized carbons (Fsp3) is 0.833. The Labute approximate surface area is 97.0 Å². The Kier molecular flexibility index (Phi) is 5.87. The zero-order chi connectivity index (χ0) is 11.8. The van der Waals surface area contributed by atoms with E-state index in [1.165, 1.54) is 0 Å². The fourth-order valence-corrected chi connectivity index (χ4v) is 1.89. The number of amides is 1. The van der Waals surface area contributed by atoms with Crippen molar-refractivity contribution in [2.45, 2.75) is 57.6 Å². The van der Waals surface area contributed by atoms with E-state index in [0.717, 1.165) is 38.7 Å². The summed E-state index contributed by atoms with van der Waals surface area (Å²) in [6.07, 6.45) is 5.28. The third-order valence-electron chi connectivity index (χ3n) is 2.79. The van der Waals surface area contributed by atoms with E-state index in [-0.39, 0.29) is 18.1 Å². The zero-order valence-electron chi connectivity index (χ0n) is 9.87. The molecule has 16 heavy (non-hydrogen) atoms. The molecule has 1 amide bonds. The molecule has 1 heterocycles. The van der Waals surface area contributed by atoms with Crippen LogP contribution in [0.4, 0.5) is 0 Å². The molecule has 90 valence electrons. The van der Waals surface area contributed by atoms with Crippen LogP contribution in [0, 0.1) is 11.3 Å². The van der Waals surface area contributed by atoms with Gasteiger partial charge in [-0.25, -0.2) is 0 Å². The predicted octanol–water partition coefficient (Wildman–Crippen LogP) is 1.75. The normalized spacial score (nSPS) is 21.4. The van der Waals surface area contributed by atoms with Gasteiger partial charge in [0.2, 0.25) is 5.91 Å². The quantitative estimate of drug-likeness (QED) is 0.747. The topological polar surface area (TPSA) is 62.1 Å². The number of carbonyl (C=O) groups is 1. The van der Waals surface area contributed by atoms with Crippen LogP contribution < -0.4 is 5.32 Å². The molecule has 4 nitrogen and oxygen atoms in total. The number of nitrogens with zero attached hydrogens (tertiary/aromatic N) is 1. The highest BCUT2D eigenvalue weighted by atomic mass is 16.5. The molecule has 0 aliphatic carbocycles. The third kappa shape index (κ3) is 4.63. The maximum absolute atomic E-state index is 11.5. The summed E-state index contributed by atoms with van der Waals surface area (Å²) >= 11 is 0. The molecule has 0 bridgehead atoms. The Morgan fingerprint density at radius 3 is 3.06 bits per heavy atom. The van der Waals surface area contributed by atoms with Crippen molar-refractivity contribution in [1.82, 2.24) is 5.32 Å². The van der Waals surface area contributed by atoms with Crippen LogP contribution in [0.25, 0.3) is 0 Å². The first-order valence-electron chi connectivity index (χ1n) is 6.06. The summed E-state index contributed by atoms with van der Waals surface area (Å²) in [5.74, 6) is -0.0319. The summed E-state index contributed by atoms with van der Waals surface area (Å²) in [6, 6.07) is 1.77. The Morgan fingerprint density at radius 2 is 2.50 bits per heavy atom. The number of nitrogens with one attached hydrogen (secondary N) is 1. The first kappa shape index (κ1) is 13.0. The Bertz CT molecular complexity index is 254. The highest BCUT2D eigenvalue weighted by Gasteiger charge is 2.17. The van der Waals surface area contributed by atoms with Gasteiger partial charge in [-0.2, -0.15) is 5.26 Å². The second-order valence-corrected chi connectivity index (χ2v) is 4.21. The first-order chi connectivity index (χ1) is 7.76. The molecule has 2 atom stereocenters. The predicted molar refractivity (Wildman–Crippen MR) is 60.7 cm³/mol. The number of carbonyl (C=O) groups excluding carboxylic acids is 1. The maximum atomic E-state index is 11.5. The molecule has 1 fully saturated rings. The maximum Gasteiger partial charge on any atom is 0.221 e. The fourth-order valence-electron chi connectivity index (χ4n) is 1.89. The van der Waals surface area contributed by atoms with E-state index in [1.807, 2.05) is 6.92 Å². The Morgan fingerprint density at radius 1 is 1.69 bits per heavy atom. The second-order valence-electron chi connectivity index (χ2n) is 4.21. The van der Waals surface area contributed by atoms with Crippen molar-refractivity contribution in [2.75, 3.05) is 6.61 Å². The van der Waals surface area contributed by atoms with Crippen LogP contribution in [0.3, 0.4) is 0 Å². The summed E-state index contributed by atoms with van der Waals surface area (Å²) in [5.41, 5.74) is 0.